The normalized spacial score (nSPS) is 18.9. The monoisotopic (exact) mass is 316 g/mol. The van der Waals surface area contributed by atoms with Crippen molar-refractivity contribution in [3.8, 4) is 0 Å². The summed E-state index contributed by atoms with van der Waals surface area (Å²) in [4.78, 5) is 12.4. The van der Waals surface area contributed by atoms with E-state index in [-0.39, 0.29) is 5.97 Å². The van der Waals surface area contributed by atoms with Gasteiger partial charge in [-0.1, -0.05) is 78.9 Å². The summed E-state index contributed by atoms with van der Waals surface area (Å²) >= 11 is 0. The lowest BCUT2D eigenvalue weighted by Gasteiger charge is -2.29. The number of benzene rings is 3. The molecule has 0 amide bonds. The third-order valence-electron chi connectivity index (χ3n) is 4.18. The Balaban J connectivity index is 1.79. The van der Waals surface area contributed by atoms with Crippen LogP contribution in [-0.4, -0.2) is 5.97 Å². The molecule has 1 unspecified atom stereocenters. The summed E-state index contributed by atoms with van der Waals surface area (Å²) in [6, 6.07) is 26.8. The highest BCUT2D eigenvalue weighted by atomic mass is 16.7. The van der Waals surface area contributed by atoms with Gasteiger partial charge >= 0.3 is 5.97 Å². The zero-order valence-corrected chi connectivity index (χ0v) is 13.0. The second-order valence-electron chi connectivity index (χ2n) is 5.69. The van der Waals surface area contributed by atoms with Crippen LogP contribution in [0.2, 0.25) is 0 Å². The lowest BCUT2D eigenvalue weighted by atomic mass is 9.95. The SMILES string of the molecule is O=C1OC(OCc2ccccc2)(c2ccccc2)c2ccccc21. The molecule has 0 aromatic heterocycles. The van der Waals surface area contributed by atoms with E-state index < -0.39 is 5.79 Å². The van der Waals surface area contributed by atoms with Gasteiger partial charge in [-0.3, -0.25) is 0 Å². The maximum Gasteiger partial charge on any atom is 0.341 e. The fraction of sp³-hybridized carbons (Fsp3) is 0.0952. The maximum absolute atomic E-state index is 12.4. The second kappa shape index (κ2) is 5.95. The lowest BCUT2D eigenvalue weighted by Crippen LogP contribution is -2.31. The molecule has 3 aromatic rings. The topological polar surface area (TPSA) is 35.5 Å². The van der Waals surface area contributed by atoms with E-state index in [1.54, 1.807) is 6.07 Å². The number of esters is 1. The van der Waals surface area contributed by atoms with Gasteiger partial charge in [-0.05, 0) is 11.6 Å². The molecule has 3 heteroatoms. The van der Waals surface area contributed by atoms with E-state index in [2.05, 4.69) is 0 Å². The minimum atomic E-state index is -1.20. The van der Waals surface area contributed by atoms with Crippen LogP contribution < -0.4 is 0 Å². The highest BCUT2D eigenvalue weighted by molar-refractivity contribution is 5.95. The van der Waals surface area contributed by atoms with Gasteiger partial charge in [0.15, 0.2) is 0 Å². The molecule has 0 spiro atoms. The molecule has 0 fully saturated rings. The third kappa shape index (κ3) is 2.39. The van der Waals surface area contributed by atoms with Gasteiger partial charge < -0.3 is 9.47 Å². The predicted octanol–water partition coefficient (Wildman–Crippen LogP) is 4.27. The number of hydrogen-bond acceptors (Lipinski definition) is 3. The highest BCUT2D eigenvalue weighted by Gasteiger charge is 2.48. The van der Waals surface area contributed by atoms with Gasteiger partial charge in [-0.15, -0.1) is 0 Å². The molecule has 24 heavy (non-hydrogen) atoms. The van der Waals surface area contributed by atoms with E-state index in [0.29, 0.717) is 12.2 Å². The van der Waals surface area contributed by atoms with E-state index in [0.717, 1.165) is 16.7 Å². The van der Waals surface area contributed by atoms with E-state index in [1.807, 2.05) is 78.9 Å². The van der Waals surface area contributed by atoms with Crippen LogP contribution in [0.3, 0.4) is 0 Å². The van der Waals surface area contributed by atoms with Crippen LogP contribution >= 0.6 is 0 Å². The summed E-state index contributed by atoms with van der Waals surface area (Å²) in [5, 5.41) is 0. The molecular formula is C21H16O3. The van der Waals surface area contributed by atoms with Crippen LogP contribution in [0.15, 0.2) is 84.9 Å². The molecule has 4 rings (SSSR count). The van der Waals surface area contributed by atoms with Crippen molar-refractivity contribution in [1.29, 1.82) is 0 Å². The molecule has 0 bridgehead atoms. The number of carbonyl (C=O) groups excluding carboxylic acids is 1. The molecule has 0 aliphatic carbocycles. The van der Waals surface area contributed by atoms with Gasteiger partial charge in [-0.25, -0.2) is 4.79 Å². The van der Waals surface area contributed by atoms with Gasteiger partial charge in [0.2, 0.25) is 0 Å². The van der Waals surface area contributed by atoms with Crippen LogP contribution in [-0.2, 0) is 21.9 Å². The molecule has 1 heterocycles. The van der Waals surface area contributed by atoms with Crippen molar-refractivity contribution in [2.45, 2.75) is 12.4 Å². The number of ether oxygens (including phenoxy) is 2. The first-order valence-electron chi connectivity index (χ1n) is 7.86. The van der Waals surface area contributed by atoms with Gasteiger partial charge in [0.05, 0.1) is 12.2 Å². The Labute approximate surface area is 140 Å². The first-order chi connectivity index (χ1) is 11.8. The molecule has 3 aromatic carbocycles. The van der Waals surface area contributed by atoms with Crippen molar-refractivity contribution in [2.24, 2.45) is 0 Å². The van der Waals surface area contributed by atoms with E-state index in [1.165, 1.54) is 0 Å². The maximum atomic E-state index is 12.4. The first-order valence-corrected chi connectivity index (χ1v) is 7.86. The Hall–Kier alpha value is -2.91. The van der Waals surface area contributed by atoms with Crippen LogP contribution in [0.1, 0.15) is 27.0 Å². The third-order valence-corrected chi connectivity index (χ3v) is 4.18. The van der Waals surface area contributed by atoms with E-state index in [9.17, 15) is 4.79 Å². The quantitative estimate of drug-likeness (QED) is 0.674. The zero-order chi connectivity index (χ0) is 16.4. The molecule has 1 aliphatic rings. The Kier molecular flexibility index (Phi) is 3.63. The fourth-order valence-electron chi connectivity index (χ4n) is 3.01. The van der Waals surface area contributed by atoms with Crippen molar-refractivity contribution >= 4 is 5.97 Å². The second-order valence-corrected chi connectivity index (χ2v) is 5.69. The molecular weight excluding hydrogens is 300 g/mol. The number of hydrogen-bond donors (Lipinski definition) is 0. The Bertz CT molecular complexity index is 859. The van der Waals surface area contributed by atoms with Crippen molar-refractivity contribution in [3.05, 3.63) is 107 Å². The minimum Gasteiger partial charge on any atom is -0.420 e. The van der Waals surface area contributed by atoms with Crippen molar-refractivity contribution < 1.29 is 14.3 Å². The smallest absolute Gasteiger partial charge is 0.341 e. The summed E-state index contributed by atoms with van der Waals surface area (Å²) in [5.41, 5.74) is 3.12. The van der Waals surface area contributed by atoms with Gasteiger partial charge in [0.1, 0.15) is 0 Å². The van der Waals surface area contributed by atoms with Crippen LogP contribution in [0.5, 0.6) is 0 Å². The minimum absolute atomic E-state index is 0.345. The molecule has 1 atom stereocenters. The summed E-state index contributed by atoms with van der Waals surface area (Å²) in [5.74, 6) is -1.56. The van der Waals surface area contributed by atoms with Crippen LogP contribution in [0.25, 0.3) is 0 Å². The van der Waals surface area contributed by atoms with Crippen molar-refractivity contribution in [3.63, 3.8) is 0 Å². The molecule has 1 aliphatic heterocycles. The number of rotatable bonds is 4. The van der Waals surface area contributed by atoms with Gasteiger partial charge in [-0.2, -0.15) is 0 Å². The average molecular weight is 316 g/mol. The lowest BCUT2D eigenvalue weighted by molar-refractivity contribution is -0.181. The van der Waals surface area contributed by atoms with E-state index in [4.69, 9.17) is 9.47 Å². The zero-order valence-electron chi connectivity index (χ0n) is 13.0. The van der Waals surface area contributed by atoms with Crippen molar-refractivity contribution in [2.75, 3.05) is 0 Å². The van der Waals surface area contributed by atoms with Crippen LogP contribution in [0, 0.1) is 0 Å². The number of cyclic esters (lactones) is 1. The average Bonchev–Trinajstić information content (AvgIpc) is 2.95. The molecule has 118 valence electrons. The summed E-state index contributed by atoms with van der Waals surface area (Å²) in [6.07, 6.45) is 0. The summed E-state index contributed by atoms with van der Waals surface area (Å²) in [6.45, 7) is 0.345. The number of carbonyl (C=O) groups is 1. The molecule has 0 radical (unpaired) electrons. The molecule has 0 saturated carbocycles. The van der Waals surface area contributed by atoms with E-state index >= 15 is 0 Å². The Morgan fingerprint density at radius 1 is 0.792 bits per heavy atom. The van der Waals surface area contributed by atoms with Crippen LogP contribution in [0.4, 0.5) is 0 Å². The highest BCUT2D eigenvalue weighted by Crippen LogP contribution is 2.43. The molecule has 0 N–H and O–H groups in total. The molecule has 3 nitrogen and oxygen atoms in total. The van der Waals surface area contributed by atoms with Crippen molar-refractivity contribution in [1.82, 2.24) is 0 Å². The number of fused-ring (bicyclic) bond motifs is 1. The molecule has 0 saturated heterocycles. The van der Waals surface area contributed by atoms with Gasteiger partial charge in [0, 0.05) is 11.1 Å². The van der Waals surface area contributed by atoms with Gasteiger partial charge in [0.25, 0.3) is 5.79 Å². The predicted molar refractivity (Wildman–Crippen MR) is 90.3 cm³/mol. The largest absolute Gasteiger partial charge is 0.420 e. The Morgan fingerprint density at radius 2 is 1.42 bits per heavy atom. The Morgan fingerprint density at radius 3 is 2.17 bits per heavy atom. The first kappa shape index (κ1) is 14.7. The standard InChI is InChI=1S/C21H16O3/c22-20-18-13-7-8-14-19(18)21(24-20,17-11-5-2-6-12-17)23-15-16-9-3-1-4-10-16/h1-14H,15H2. The fourth-order valence-corrected chi connectivity index (χ4v) is 3.01. The summed E-state index contributed by atoms with van der Waals surface area (Å²) in [7, 11) is 0. The summed E-state index contributed by atoms with van der Waals surface area (Å²) < 4.78 is 12.0.